The number of aromatic nitrogens is 5. The van der Waals surface area contributed by atoms with Crippen LogP contribution in [0.4, 0.5) is 23.2 Å². The minimum atomic E-state index is -4.60. The van der Waals surface area contributed by atoms with Gasteiger partial charge in [0.1, 0.15) is 23.0 Å². The van der Waals surface area contributed by atoms with E-state index in [2.05, 4.69) is 30.5 Å². The van der Waals surface area contributed by atoms with E-state index < -0.39 is 11.9 Å². The van der Waals surface area contributed by atoms with Gasteiger partial charge >= 0.3 is 6.18 Å². The zero-order chi connectivity index (χ0) is 25.8. The topological polar surface area (TPSA) is 88.6 Å². The average molecular weight is 506 g/mol. The zero-order valence-electron chi connectivity index (χ0n) is 19.0. The number of hydrogen-bond acceptors (Lipinski definition) is 6. The first kappa shape index (κ1) is 23.9. The summed E-state index contributed by atoms with van der Waals surface area (Å²) in [4.78, 5) is 12.4. The smallest absolute Gasteiger partial charge is 0.433 e. The Morgan fingerprint density at radius 2 is 1.65 bits per heavy atom. The Morgan fingerprint density at radius 3 is 2.32 bits per heavy atom. The molecule has 2 aromatic carbocycles. The van der Waals surface area contributed by atoms with E-state index in [0.29, 0.717) is 28.5 Å². The number of halogens is 4. The Labute approximate surface area is 208 Å². The van der Waals surface area contributed by atoms with Gasteiger partial charge in [-0.3, -0.25) is 5.10 Å². The van der Waals surface area contributed by atoms with Crippen LogP contribution in [-0.4, -0.2) is 25.1 Å². The molecule has 0 spiro atoms. The van der Waals surface area contributed by atoms with Gasteiger partial charge in [0.05, 0.1) is 11.9 Å². The molecular weight excluding hydrogens is 488 g/mol. The maximum atomic E-state index is 13.4. The van der Waals surface area contributed by atoms with Crippen molar-refractivity contribution in [2.24, 2.45) is 0 Å². The number of anilines is 1. The highest BCUT2D eigenvalue weighted by atomic mass is 19.4. The number of alkyl halides is 3. The molecule has 37 heavy (non-hydrogen) atoms. The van der Waals surface area contributed by atoms with Crippen molar-refractivity contribution in [2.45, 2.75) is 12.7 Å². The zero-order valence-corrected chi connectivity index (χ0v) is 19.0. The quantitative estimate of drug-likeness (QED) is 0.245. The largest absolute Gasteiger partial charge is 0.457 e. The van der Waals surface area contributed by atoms with Crippen molar-refractivity contribution in [3.05, 3.63) is 103 Å². The first-order valence-corrected chi connectivity index (χ1v) is 11.0. The van der Waals surface area contributed by atoms with Gasteiger partial charge in [0.25, 0.3) is 0 Å². The van der Waals surface area contributed by atoms with Gasteiger partial charge in [-0.1, -0.05) is 6.07 Å². The van der Waals surface area contributed by atoms with Crippen LogP contribution in [0.25, 0.3) is 22.6 Å². The summed E-state index contributed by atoms with van der Waals surface area (Å²) in [5.41, 5.74) is 1.23. The molecule has 0 aliphatic heterocycles. The normalized spacial score (nSPS) is 11.4. The van der Waals surface area contributed by atoms with Crippen molar-refractivity contribution in [3.63, 3.8) is 0 Å². The van der Waals surface area contributed by atoms with E-state index in [1.165, 1.54) is 30.6 Å². The number of aromatic amines is 1. The lowest BCUT2D eigenvalue weighted by Crippen LogP contribution is -2.10. The highest BCUT2D eigenvalue weighted by molar-refractivity contribution is 5.63. The molecule has 0 unspecified atom stereocenters. The predicted molar refractivity (Wildman–Crippen MR) is 128 cm³/mol. The van der Waals surface area contributed by atoms with E-state index in [9.17, 15) is 17.6 Å². The van der Waals surface area contributed by atoms with Gasteiger partial charge in [-0.2, -0.15) is 18.3 Å². The van der Waals surface area contributed by atoms with E-state index in [4.69, 9.17) is 4.74 Å². The third kappa shape index (κ3) is 5.89. The van der Waals surface area contributed by atoms with Gasteiger partial charge < -0.3 is 10.1 Å². The number of nitrogens with one attached hydrogen (secondary N) is 2. The summed E-state index contributed by atoms with van der Waals surface area (Å²) in [7, 11) is 0. The Balaban J connectivity index is 1.26. The fraction of sp³-hybridized carbons (Fsp3) is 0.0769. The molecule has 11 heteroatoms. The number of pyridine rings is 1. The second-order valence-corrected chi connectivity index (χ2v) is 7.96. The second kappa shape index (κ2) is 10.1. The van der Waals surface area contributed by atoms with Gasteiger partial charge in [0.15, 0.2) is 5.82 Å². The number of rotatable bonds is 7. The molecule has 0 saturated heterocycles. The number of nitrogens with zero attached hydrogens (tertiary/aromatic N) is 4. The molecule has 0 aliphatic carbocycles. The number of benzene rings is 2. The highest BCUT2D eigenvalue weighted by Crippen LogP contribution is 2.32. The van der Waals surface area contributed by atoms with E-state index in [0.717, 1.165) is 11.6 Å². The summed E-state index contributed by atoms with van der Waals surface area (Å²) in [6, 6.07) is 15.3. The van der Waals surface area contributed by atoms with Crippen molar-refractivity contribution < 1.29 is 22.3 Å². The van der Waals surface area contributed by atoms with Crippen molar-refractivity contribution >= 4 is 5.69 Å². The first-order valence-electron chi connectivity index (χ1n) is 11.0. The molecule has 186 valence electrons. The summed E-state index contributed by atoms with van der Waals surface area (Å²) >= 11 is 0. The Morgan fingerprint density at radius 1 is 0.865 bits per heavy atom. The van der Waals surface area contributed by atoms with Crippen LogP contribution in [0.5, 0.6) is 11.5 Å². The molecule has 5 rings (SSSR count). The molecule has 5 aromatic rings. The van der Waals surface area contributed by atoms with Crippen molar-refractivity contribution in [1.29, 1.82) is 0 Å². The summed E-state index contributed by atoms with van der Waals surface area (Å²) in [5.74, 6) is 0.988. The summed E-state index contributed by atoms with van der Waals surface area (Å²) < 4.78 is 59.0. The molecule has 0 aliphatic rings. The van der Waals surface area contributed by atoms with Gasteiger partial charge in [-0.25, -0.2) is 19.3 Å². The second-order valence-electron chi connectivity index (χ2n) is 7.96. The van der Waals surface area contributed by atoms with Crippen LogP contribution < -0.4 is 10.1 Å². The van der Waals surface area contributed by atoms with Crippen LogP contribution in [0.15, 0.2) is 85.5 Å². The monoisotopic (exact) mass is 506 g/mol. The van der Waals surface area contributed by atoms with Crippen molar-refractivity contribution in [2.75, 3.05) is 5.32 Å². The summed E-state index contributed by atoms with van der Waals surface area (Å²) in [6.07, 6.45) is 1.46. The summed E-state index contributed by atoms with van der Waals surface area (Å²) in [5, 5.41) is 9.31. The minimum Gasteiger partial charge on any atom is -0.457 e. The predicted octanol–water partition coefficient (Wildman–Crippen LogP) is 6.49. The maximum absolute atomic E-state index is 13.4. The fourth-order valence-electron chi connectivity index (χ4n) is 3.45. The van der Waals surface area contributed by atoms with Crippen molar-refractivity contribution in [3.8, 4) is 34.1 Å². The molecule has 0 radical (unpaired) electrons. The standard InChI is InChI=1S/C26H18F4N6O/c27-19-2-1-3-22(8-19)37-21-6-4-17(5-7-21)25-32-12-16(13-33-25)11-31-20-9-23(18-14-34-35-15-18)36-24(10-20)26(28,29)30/h1-10,12-15H,11H2,(H,31,36)(H,34,35). The maximum Gasteiger partial charge on any atom is 0.433 e. The lowest BCUT2D eigenvalue weighted by molar-refractivity contribution is -0.141. The van der Waals surface area contributed by atoms with Gasteiger partial charge in [-0.05, 0) is 48.5 Å². The fourth-order valence-corrected chi connectivity index (χ4v) is 3.45. The lowest BCUT2D eigenvalue weighted by atomic mass is 10.2. The molecule has 7 nitrogen and oxygen atoms in total. The van der Waals surface area contributed by atoms with Crippen LogP contribution in [0.2, 0.25) is 0 Å². The van der Waals surface area contributed by atoms with Crippen LogP contribution >= 0.6 is 0 Å². The van der Waals surface area contributed by atoms with Crippen LogP contribution in [-0.2, 0) is 12.7 Å². The summed E-state index contributed by atoms with van der Waals surface area (Å²) in [6.45, 7) is 0.201. The third-order valence-electron chi connectivity index (χ3n) is 5.26. The lowest BCUT2D eigenvalue weighted by Gasteiger charge is -2.12. The SMILES string of the molecule is Fc1cccc(Oc2ccc(-c3ncc(CNc4cc(-c5cn[nH]c5)nc(C(F)(F)F)c4)cn3)cc2)c1. The molecule has 0 atom stereocenters. The minimum absolute atomic E-state index is 0.141. The molecule has 0 fully saturated rings. The van der Waals surface area contributed by atoms with E-state index in [-0.39, 0.29) is 23.7 Å². The molecule has 0 bridgehead atoms. The van der Waals surface area contributed by atoms with Crippen LogP contribution in [0.3, 0.4) is 0 Å². The Kier molecular flexibility index (Phi) is 6.50. The molecule has 2 N–H and O–H groups in total. The molecule has 3 heterocycles. The number of H-pyrrole nitrogens is 1. The molecule has 3 aromatic heterocycles. The van der Waals surface area contributed by atoms with Gasteiger partial charge in [-0.15, -0.1) is 0 Å². The number of hydrogen-bond donors (Lipinski definition) is 2. The highest BCUT2D eigenvalue weighted by Gasteiger charge is 2.33. The van der Waals surface area contributed by atoms with Gasteiger partial charge in [0, 0.05) is 53.6 Å². The van der Waals surface area contributed by atoms with E-state index in [1.807, 2.05) is 0 Å². The average Bonchev–Trinajstić information content (AvgIpc) is 3.43. The Bertz CT molecular complexity index is 1490. The van der Waals surface area contributed by atoms with Crippen LogP contribution in [0.1, 0.15) is 11.3 Å². The van der Waals surface area contributed by atoms with E-state index in [1.54, 1.807) is 48.8 Å². The molecule has 0 saturated carbocycles. The third-order valence-corrected chi connectivity index (χ3v) is 5.26. The molecule has 0 amide bonds. The van der Waals surface area contributed by atoms with E-state index >= 15 is 0 Å². The first-order chi connectivity index (χ1) is 17.8. The number of ether oxygens (including phenoxy) is 1. The van der Waals surface area contributed by atoms with Gasteiger partial charge in [0.2, 0.25) is 0 Å². The van der Waals surface area contributed by atoms with Crippen LogP contribution in [0, 0.1) is 5.82 Å². The van der Waals surface area contributed by atoms with Crippen molar-refractivity contribution in [1.82, 2.24) is 25.1 Å². The molecular formula is C26H18F4N6O. The Hall–Kier alpha value is -4.80.